The Kier molecular flexibility index (Phi) is 5.29. The zero-order valence-electron chi connectivity index (χ0n) is 14.7. The second-order valence-electron chi connectivity index (χ2n) is 6.55. The molecule has 7 nitrogen and oxygen atoms in total. The fraction of sp³-hybridized carbons (Fsp3) is 0.471. The van der Waals surface area contributed by atoms with Gasteiger partial charge in [0, 0.05) is 23.8 Å². The number of sulfone groups is 1. The first-order valence-corrected chi connectivity index (χ1v) is 11.0. The minimum Gasteiger partial charge on any atom is -0.311 e. The first-order chi connectivity index (χ1) is 12.2. The van der Waals surface area contributed by atoms with Crippen LogP contribution in [0.1, 0.15) is 45.5 Å². The first kappa shape index (κ1) is 18.8. The number of hydrogen-bond acceptors (Lipinski definition) is 6. The van der Waals surface area contributed by atoms with Gasteiger partial charge in [-0.2, -0.15) is 5.10 Å². The smallest absolute Gasteiger partial charge is 0.225 e. The molecule has 0 aliphatic carbocycles. The van der Waals surface area contributed by atoms with Gasteiger partial charge in [0.1, 0.15) is 5.82 Å². The van der Waals surface area contributed by atoms with Crippen LogP contribution in [0.5, 0.6) is 0 Å². The van der Waals surface area contributed by atoms with Gasteiger partial charge in [-0.1, -0.05) is 0 Å². The molecule has 3 heterocycles. The van der Waals surface area contributed by atoms with Crippen LogP contribution >= 0.6 is 11.3 Å². The lowest BCUT2D eigenvalue weighted by Gasteiger charge is -2.13. The van der Waals surface area contributed by atoms with E-state index in [0.29, 0.717) is 22.8 Å². The van der Waals surface area contributed by atoms with Crippen LogP contribution in [0.15, 0.2) is 18.2 Å². The molecule has 1 saturated heterocycles. The summed E-state index contributed by atoms with van der Waals surface area (Å²) in [5.41, 5.74) is 0.703. The molecule has 26 heavy (non-hydrogen) atoms. The number of carbonyl (C=O) groups excluding carboxylic acids is 2. The second-order valence-corrected chi connectivity index (χ2v) is 10.1. The molecule has 1 amide bonds. The topological polar surface area (TPSA) is 98.1 Å². The summed E-state index contributed by atoms with van der Waals surface area (Å²) >= 11 is 1.42. The van der Waals surface area contributed by atoms with Crippen LogP contribution in [0.3, 0.4) is 0 Å². The maximum atomic E-state index is 12.2. The number of nitrogens with one attached hydrogen (secondary N) is 1. The van der Waals surface area contributed by atoms with E-state index in [4.69, 9.17) is 0 Å². The average Bonchev–Trinajstić information content (AvgIpc) is 3.24. The fourth-order valence-electron chi connectivity index (χ4n) is 3.00. The number of ketones is 1. The van der Waals surface area contributed by atoms with E-state index in [1.807, 2.05) is 13.0 Å². The van der Waals surface area contributed by atoms with Crippen molar-refractivity contribution in [3.05, 3.63) is 33.6 Å². The van der Waals surface area contributed by atoms with Crippen molar-refractivity contribution in [3.63, 3.8) is 0 Å². The van der Waals surface area contributed by atoms with Gasteiger partial charge in [-0.15, -0.1) is 11.3 Å². The molecule has 0 spiro atoms. The third-order valence-electron chi connectivity index (χ3n) is 4.27. The number of Topliss-reactive ketones (excluding diaryl/α,β-unsaturated/α-hetero) is 1. The Morgan fingerprint density at radius 3 is 2.69 bits per heavy atom. The summed E-state index contributed by atoms with van der Waals surface area (Å²) in [6.45, 7) is 3.72. The van der Waals surface area contributed by atoms with Gasteiger partial charge < -0.3 is 5.32 Å². The molecule has 0 saturated carbocycles. The van der Waals surface area contributed by atoms with E-state index in [-0.39, 0.29) is 42.1 Å². The minimum atomic E-state index is -3.05. The van der Waals surface area contributed by atoms with Gasteiger partial charge in [-0.05, 0) is 32.4 Å². The zero-order valence-corrected chi connectivity index (χ0v) is 16.3. The number of amides is 1. The van der Waals surface area contributed by atoms with Crippen LogP contribution in [0.2, 0.25) is 0 Å². The van der Waals surface area contributed by atoms with Gasteiger partial charge in [0.25, 0.3) is 0 Å². The monoisotopic (exact) mass is 395 g/mol. The van der Waals surface area contributed by atoms with Gasteiger partial charge in [0.2, 0.25) is 5.91 Å². The molecule has 3 rings (SSSR count). The molecule has 1 unspecified atom stereocenters. The van der Waals surface area contributed by atoms with Crippen molar-refractivity contribution in [2.45, 2.75) is 39.2 Å². The number of nitrogens with zero attached hydrogens (tertiary/aromatic N) is 2. The molecule has 1 N–H and O–H groups in total. The number of anilines is 1. The minimum absolute atomic E-state index is 0.0349. The molecule has 140 valence electrons. The van der Waals surface area contributed by atoms with Crippen LogP contribution < -0.4 is 5.32 Å². The van der Waals surface area contributed by atoms with Crippen molar-refractivity contribution in [1.82, 2.24) is 9.78 Å². The number of thiophene rings is 1. The first-order valence-electron chi connectivity index (χ1n) is 8.39. The lowest BCUT2D eigenvalue weighted by molar-refractivity contribution is -0.116. The van der Waals surface area contributed by atoms with E-state index < -0.39 is 9.84 Å². The predicted molar refractivity (Wildman–Crippen MR) is 101 cm³/mol. The maximum Gasteiger partial charge on any atom is 0.225 e. The number of aryl methyl sites for hydroxylation is 2. The summed E-state index contributed by atoms with van der Waals surface area (Å²) in [7, 11) is -3.05. The number of hydrogen-bond donors (Lipinski definition) is 1. The van der Waals surface area contributed by atoms with E-state index in [1.54, 1.807) is 23.7 Å². The second kappa shape index (κ2) is 7.32. The molecule has 0 bridgehead atoms. The van der Waals surface area contributed by atoms with E-state index >= 15 is 0 Å². The molecule has 2 aromatic heterocycles. The average molecular weight is 396 g/mol. The van der Waals surface area contributed by atoms with Gasteiger partial charge >= 0.3 is 0 Å². The van der Waals surface area contributed by atoms with E-state index in [0.717, 1.165) is 4.88 Å². The van der Waals surface area contributed by atoms with Crippen molar-refractivity contribution in [1.29, 1.82) is 0 Å². The van der Waals surface area contributed by atoms with Crippen LogP contribution in [0.25, 0.3) is 0 Å². The summed E-state index contributed by atoms with van der Waals surface area (Å²) in [6.07, 6.45) is 0.697. The molecule has 1 aliphatic rings. The highest BCUT2D eigenvalue weighted by molar-refractivity contribution is 7.91. The molecule has 1 fully saturated rings. The van der Waals surface area contributed by atoms with Gasteiger partial charge in [0.05, 0.1) is 28.1 Å². The van der Waals surface area contributed by atoms with Crippen LogP contribution in [-0.2, 0) is 14.6 Å². The predicted octanol–water partition coefficient (Wildman–Crippen LogP) is 2.52. The van der Waals surface area contributed by atoms with Crippen LogP contribution in [0.4, 0.5) is 5.82 Å². The van der Waals surface area contributed by atoms with Crippen molar-refractivity contribution in [3.8, 4) is 0 Å². The molecular weight excluding hydrogens is 374 g/mol. The van der Waals surface area contributed by atoms with Gasteiger partial charge in [-0.25, -0.2) is 13.1 Å². The standard InChI is InChI=1S/C17H21N3O4S2/c1-11-9-16(20(19-11)13-7-8-26(23,24)10-13)18-17(22)6-4-14(21)15-5-3-12(2)25-15/h3,5,9,13H,4,6-8,10H2,1-2H3,(H,18,22). The zero-order chi connectivity index (χ0) is 18.9. The van der Waals surface area contributed by atoms with Crippen molar-refractivity contribution in [2.24, 2.45) is 0 Å². The molecule has 1 atom stereocenters. The van der Waals surface area contributed by atoms with Crippen LogP contribution in [-0.4, -0.2) is 41.4 Å². The Hall–Kier alpha value is -2.00. The highest BCUT2D eigenvalue weighted by atomic mass is 32.2. The lowest BCUT2D eigenvalue weighted by Crippen LogP contribution is -2.20. The number of aromatic nitrogens is 2. The molecule has 0 aromatic carbocycles. The summed E-state index contributed by atoms with van der Waals surface area (Å²) in [5, 5.41) is 7.09. The highest BCUT2D eigenvalue weighted by Crippen LogP contribution is 2.27. The van der Waals surface area contributed by atoms with E-state index in [9.17, 15) is 18.0 Å². The van der Waals surface area contributed by atoms with E-state index in [2.05, 4.69) is 10.4 Å². The van der Waals surface area contributed by atoms with Gasteiger partial charge in [0.15, 0.2) is 15.6 Å². The quantitative estimate of drug-likeness (QED) is 0.758. The number of carbonyl (C=O) groups is 2. The molecule has 0 radical (unpaired) electrons. The maximum absolute atomic E-state index is 12.2. The van der Waals surface area contributed by atoms with Crippen molar-refractivity contribution in [2.75, 3.05) is 16.8 Å². The Labute approximate surface area is 156 Å². The van der Waals surface area contributed by atoms with E-state index in [1.165, 1.54) is 11.3 Å². The third-order valence-corrected chi connectivity index (χ3v) is 7.07. The third kappa shape index (κ3) is 4.39. The largest absolute Gasteiger partial charge is 0.311 e. The molecular formula is C17H21N3O4S2. The molecule has 9 heteroatoms. The van der Waals surface area contributed by atoms with Crippen LogP contribution in [0, 0.1) is 13.8 Å². The molecule has 2 aromatic rings. The Bertz CT molecular complexity index is 943. The lowest BCUT2D eigenvalue weighted by atomic mass is 10.2. The number of rotatable bonds is 6. The molecule has 1 aliphatic heterocycles. The highest BCUT2D eigenvalue weighted by Gasteiger charge is 2.31. The Morgan fingerprint density at radius 1 is 1.31 bits per heavy atom. The Morgan fingerprint density at radius 2 is 2.08 bits per heavy atom. The summed E-state index contributed by atoms with van der Waals surface area (Å²) < 4.78 is 25.0. The normalized spacial score (nSPS) is 18.8. The summed E-state index contributed by atoms with van der Waals surface area (Å²) in [6, 6.07) is 5.11. The Balaban J connectivity index is 1.62. The fourth-order valence-corrected chi connectivity index (χ4v) is 5.52. The summed E-state index contributed by atoms with van der Waals surface area (Å²) in [4.78, 5) is 26.1. The summed E-state index contributed by atoms with van der Waals surface area (Å²) in [5.74, 6) is 0.318. The van der Waals surface area contributed by atoms with Crippen molar-refractivity contribution < 1.29 is 18.0 Å². The van der Waals surface area contributed by atoms with Crippen molar-refractivity contribution >= 4 is 38.7 Å². The SMILES string of the molecule is Cc1cc(NC(=O)CCC(=O)c2ccc(C)s2)n(C2CCS(=O)(=O)C2)n1. The van der Waals surface area contributed by atoms with Gasteiger partial charge in [-0.3, -0.25) is 9.59 Å².